The topological polar surface area (TPSA) is 84.7 Å². The van der Waals surface area contributed by atoms with Crippen LogP contribution in [0.5, 0.6) is 5.75 Å². The summed E-state index contributed by atoms with van der Waals surface area (Å²) in [5.41, 5.74) is 6.71. The van der Waals surface area contributed by atoms with E-state index in [2.05, 4.69) is 4.72 Å². The van der Waals surface area contributed by atoms with Gasteiger partial charge in [0.25, 0.3) is 10.2 Å². The van der Waals surface area contributed by atoms with Gasteiger partial charge >= 0.3 is 0 Å². The Kier molecular flexibility index (Phi) is 5.15. The van der Waals surface area contributed by atoms with Crippen molar-refractivity contribution in [3.8, 4) is 5.75 Å². The van der Waals surface area contributed by atoms with E-state index in [4.69, 9.17) is 10.5 Å². The maximum Gasteiger partial charge on any atom is 0.279 e. The fourth-order valence-corrected chi connectivity index (χ4v) is 3.04. The van der Waals surface area contributed by atoms with Crippen molar-refractivity contribution in [2.75, 3.05) is 19.8 Å². The van der Waals surface area contributed by atoms with Crippen LogP contribution in [0.4, 0.5) is 5.69 Å². The van der Waals surface area contributed by atoms with Gasteiger partial charge in [-0.2, -0.15) is 17.4 Å². The number of nitrogens with two attached hydrogens (primary N) is 1. The molecule has 21 heavy (non-hydrogen) atoms. The molecule has 1 aliphatic heterocycles. The largest absolute Gasteiger partial charge is 0.487 e. The van der Waals surface area contributed by atoms with Crippen LogP contribution in [0.15, 0.2) is 18.2 Å². The molecule has 1 atom stereocenters. The SMILES string of the molecule is CN(C)S(=O)(=O)NC1CC(C)(C)Oc2ccc(N)cc21.Cl. The summed E-state index contributed by atoms with van der Waals surface area (Å²) in [7, 11) is -0.530. The fraction of sp³-hybridized carbons (Fsp3) is 0.538. The van der Waals surface area contributed by atoms with Crippen LogP contribution >= 0.6 is 12.4 Å². The molecule has 1 unspecified atom stereocenters. The lowest BCUT2D eigenvalue weighted by Crippen LogP contribution is -2.44. The van der Waals surface area contributed by atoms with Crippen molar-refractivity contribution in [3.05, 3.63) is 23.8 Å². The van der Waals surface area contributed by atoms with Crippen molar-refractivity contribution in [2.45, 2.75) is 31.9 Å². The van der Waals surface area contributed by atoms with Gasteiger partial charge in [-0.25, -0.2) is 0 Å². The highest BCUT2D eigenvalue weighted by molar-refractivity contribution is 7.87. The smallest absolute Gasteiger partial charge is 0.279 e. The van der Waals surface area contributed by atoms with Crippen LogP contribution in [-0.2, 0) is 10.2 Å². The molecule has 0 bridgehead atoms. The molecule has 120 valence electrons. The van der Waals surface area contributed by atoms with Crippen molar-refractivity contribution in [2.24, 2.45) is 0 Å². The predicted molar refractivity (Wildman–Crippen MR) is 85.9 cm³/mol. The number of benzene rings is 1. The Hall–Kier alpha value is -1.02. The molecule has 1 aliphatic rings. The van der Waals surface area contributed by atoms with E-state index in [9.17, 15) is 8.42 Å². The van der Waals surface area contributed by atoms with Crippen LogP contribution in [0.1, 0.15) is 31.9 Å². The number of fused-ring (bicyclic) bond motifs is 1. The summed E-state index contributed by atoms with van der Waals surface area (Å²) in [6.45, 7) is 3.87. The second kappa shape index (κ2) is 6.00. The number of hydrogen-bond donors (Lipinski definition) is 2. The summed E-state index contributed by atoms with van der Waals surface area (Å²) < 4.78 is 33.8. The van der Waals surface area contributed by atoms with Gasteiger partial charge in [0.05, 0.1) is 6.04 Å². The maximum atomic E-state index is 12.0. The van der Waals surface area contributed by atoms with E-state index >= 15 is 0 Å². The standard InChI is InChI=1S/C13H21N3O3S.ClH/c1-13(2)8-11(15-20(17,18)16(3)4)10-7-9(14)5-6-12(10)19-13;/h5-7,11,15H,8,14H2,1-4H3;1H. The summed E-state index contributed by atoms with van der Waals surface area (Å²) in [5, 5.41) is 0. The van der Waals surface area contributed by atoms with E-state index < -0.39 is 15.8 Å². The Bertz CT molecular complexity index is 617. The Morgan fingerprint density at radius 3 is 2.57 bits per heavy atom. The van der Waals surface area contributed by atoms with Gasteiger partial charge in [-0.3, -0.25) is 0 Å². The third-order valence-corrected chi connectivity index (χ3v) is 4.81. The number of rotatable bonds is 3. The molecule has 0 aliphatic carbocycles. The molecule has 1 heterocycles. The molecule has 0 fully saturated rings. The van der Waals surface area contributed by atoms with Crippen molar-refractivity contribution in [1.29, 1.82) is 0 Å². The molecule has 0 saturated carbocycles. The Morgan fingerprint density at radius 1 is 1.38 bits per heavy atom. The second-order valence-electron chi connectivity index (χ2n) is 5.82. The van der Waals surface area contributed by atoms with Crippen molar-refractivity contribution in [1.82, 2.24) is 9.03 Å². The van der Waals surface area contributed by atoms with Gasteiger partial charge in [0.2, 0.25) is 0 Å². The first-order chi connectivity index (χ1) is 9.11. The van der Waals surface area contributed by atoms with Crippen LogP contribution in [0.3, 0.4) is 0 Å². The first-order valence-electron chi connectivity index (χ1n) is 6.39. The van der Waals surface area contributed by atoms with E-state index in [1.807, 2.05) is 13.8 Å². The van der Waals surface area contributed by atoms with Crippen LogP contribution < -0.4 is 15.2 Å². The molecule has 1 aromatic carbocycles. The maximum absolute atomic E-state index is 12.0. The highest BCUT2D eigenvalue weighted by Gasteiger charge is 2.36. The van der Waals surface area contributed by atoms with Crippen LogP contribution in [0.2, 0.25) is 0 Å². The molecule has 6 nitrogen and oxygen atoms in total. The highest BCUT2D eigenvalue weighted by atomic mass is 35.5. The zero-order chi connectivity index (χ0) is 15.1. The lowest BCUT2D eigenvalue weighted by atomic mass is 9.90. The lowest BCUT2D eigenvalue weighted by Gasteiger charge is -2.38. The van der Waals surface area contributed by atoms with Gasteiger partial charge in [-0.15, -0.1) is 12.4 Å². The average Bonchev–Trinajstić information content (AvgIpc) is 2.28. The quantitative estimate of drug-likeness (QED) is 0.823. The lowest BCUT2D eigenvalue weighted by molar-refractivity contribution is 0.0700. The van der Waals surface area contributed by atoms with Gasteiger partial charge in [0.1, 0.15) is 11.4 Å². The number of anilines is 1. The van der Waals surface area contributed by atoms with E-state index in [1.165, 1.54) is 14.1 Å². The summed E-state index contributed by atoms with van der Waals surface area (Å²) in [6.07, 6.45) is 0.538. The van der Waals surface area contributed by atoms with Crippen molar-refractivity contribution >= 4 is 28.3 Å². The zero-order valence-electron chi connectivity index (χ0n) is 12.6. The third-order valence-electron chi connectivity index (χ3n) is 3.26. The molecule has 0 radical (unpaired) electrons. The molecule has 0 saturated heterocycles. The third kappa shape index (κ3) is 4.00. The van der Waals surface area contributed by atoms with Crippen LogP contribution in [0, 0.1) is 0 Å². The van der Waals surface area contributed by atoms with Crippen LogP contribution in [-0.4, -0.2) is 32.4 Å². The van der Waals surface area contributed by atoms with E-state index in [-0.39, 0.29) is 18.4 Å². The van der Waals surface area contributed by atoms with Gasteiger partial charge in [0.15, 0.2) is 0 Å². The number of halogens is 1. The Labute approximate surface area is 132 Å². The van der Waals surface area contributed by atoms with E-state index in [1.54, 1.807) is 18.2 Å². The molecule has 0 aromatic heterocycles. The number of nitrogens with zero attached hydrogens (tertiary/aromatic N) is 1. The Balaban J connectivity index is 0.00000220. The summed E-state index contributed by atoms with van der Waals surface area (Å²) in [4.78, 5) is 0. The number of hydrogen-bond acceptors (Lipinski definition) is 4. The fourth-order valence-electron chi connectivity index (χ4n) is 2.26. The van der Waals surface area contributed by atoms with Crippen LogP contribution in [0.25, 0.3) is 0 Å². The van der Waals surface area contributed by atoms with Gasteiger partial charge in [-0.05, 0) is 32.0 Å². The molecule has 0 amide bonds. The molecule has 1 aromatic rings. The first-order valence-corrected chi connectivity index (χ1v) is 7.83. The average molecular weight is 336 g/mol. The highest BCUT2D eigenvalue weighted by Crippen LogP contribution is 2.40. The monoisotopic (exact) mass is 335 g/mol. The molecule has 3 N–H and O–H groups in total. The van der Waals surface area contributed by atoms with Crippen molar-refractivity contribution in [3.63, 3.8) is 0 Å². The minimum absolute atomic E-state index is 0. The van der Waals surface area contributed by atoms with Gasteiger partial charge in [0, 0.05) is 31.8 Å². The summed E-state index contributed by atoms with van der Waals surface area (Å²) in [5.74, 6) is 0.668. The number of nitrogens with one attached hydrogen (secondary N) is 1. The molecule has 2 rings (SSSR count). The van der Waals surface area contributed by atoms with Gasteiger partial charge < -0.3 is 10.5 Å². The molecular weight excluding hydrogens is 314 g/mol. The van der Waals surface area contributed by atoms with E-state index in [0.717, 1.165) is 9.87 Å². The Morgan fingerprint density at radius 2 is 2.00 bits per heavy atom. The molecular formula is C13H22ClN3O3S. The zero-order valence-corrected chi connectivity index (χ0v) is 14.2. The normalized spacial score (nSPS) is 20.3. The molecule has 0 spiro atoms. The molecule has 8 heteroatoms. The predicted octanol–water partition coefficient (Wildman–Crippen LogP) is 1.69. The number of ether oxygens (including phenoxy) is 1. The van der Waals surface area contributed by atoms with Crippen molar-refractivity contribution < 1.29 is 13.2 Å². The second-order valence-corrected chi connectivity index (χ2v) is 7.74. The first kappa shape index (κ1) is 18.0. The number of nitrogen functional groups attached to an aromatic ring is 1. The minimum atomic E-state index is -3.52. The van der Waals surface area contributed by atoms with E-state index in [0.29, 0.717) is 17.9 Å². The van der Waals surface area contributed by atoms with Gasteiger partial charge in [-0.1, -0.05) is 0 Å². The summed E-state index contributed by atoms with van der Waals surface area (Å²) in [6, 6.07) is 4.93. The summed E-state index contributed by atoms with van der Waals surface area (Å²) >= 11 is 0. The minimum Gasteiger partial charge on any atom is -0.487 e.